The van der Waals surface area contributed by atoms with E-state index in [1.54, 1.807) is 11.8 Å². The number of benzene rings is 2. The molecule has 0 amide bonds. The molecular weight excluding hydrogens is 390 g/mol. The van der Waals surface area contributed by atoms with Crippen LogP contribution in [0.15, 0.2) is 47.6 Å². The summed E-state index contributed by atoms with van der Waals surface area (Å²) < 4.78 is 1.87. The first-order chi connectivity index (χ1) is 13.4. The number of aryl methyl sites for hydroxylation is 3. The Kier molecular flexibility index (Phi) is 5.00. The Hall–Kier alpha value is -2.57. The van der Waals surface area contributed by atoms with Crippen molar-refractivity contribution in [3.63, 3.8) is 0 Å². The number of rotatable bonds is 4. The normalized spacial score (nSPS) is 11.3. The van der Waals surface area contributed by atoms with Crippen molar-refractivity contribution in [3.8, 4) is 5.69 Å². The van der Waals surface area contributed by atoms with Crippen LogP contribution in [0.4, 0.5) is 0 Å². The summed E-state index contributed by atoms with van der Waals surface area (Å²) in [5.41, 5.74) is 6.05. The average Bonchev–Trinajstić information content (AvgIpc) is 3.04. The van der Waals surface area contributed by atoms with Gasteiger partial charge in [0.25, 0.3) is 0 Å². The molecule has 4 rings (SSSR count). The van der Waals surface area contributed by atoms with Gasteiger partial charge in [0.15, 0.2) is 10.8 Å². The van der Waals surface area contributed by atoms with E-state index in [-0.39, 0.29) is 0 Å². The number of fused-ring (bicyclic) bond motifs is 1. The molecule has 0 aliphatic carbocycles. The first-order valence-electron chi connectivity index (χ1n) is 8.91. The van der Waals surface area contributed by atoms with Gasteiger partial charge < -0.3 is 0 Å². The second-order valence-electron chi connectivity index (χ2n) is 6.84. The van der Waals surface area contributed by atoms with Crippen LogP contribution < -0.4 is 5.49 Å². The molecule has 0 atom stereocenters. The lowest BCUT2D eigenvalue weighted by Crippen LogP contribution is -2.22. The van der Waals surface area contributed by atoms with E-state index >= 15 is 0 Å². The summed E-state index contributed by atoms with van der Waals surface area (Å²) >= 11 is 7.81. The Bertz CT molecular complexity index is 1240. The molecule has 2 aromatic carbocycles. The highest BCUT2D eigenvalue weighted by atomic mass is 35.5. The minimum Gasteiger partial charge on any atom is -0.283 e. The summed E-state index contributed by atoms with van der Waals surface area (Å²) in [7, 11) is 0. The van der Waals surface area contributed by atoms with Gasteiger partial charge in [-0.1, -0.05) is 53.2 Å². The highest BCUT2D eigenvalue weighted by Crippen LogP contribution is 2.26. The molecule has 0 aliphatic heterocycles. The number of nitrogens with one attached hydrogen (secondary N) is 2. The van der Waals surface area contributed by atoms with Crippen molar-refractivity contribution < 1.29 is 0 Å². The van der Waals surface area contributed by atoms with Crippen LogP contribution in [0.25, 0.3) is 16.7 Å². The number of halogens is 1. The lowest BCUT2D eigenvalue weighted by atomic mass is 10.2. The second-order valence-corrected chi connectivity index (χ2v) is 8.19. The van der Waals surface area contributed by atoms with Gasteiger partial charge in [-0.25, -0.2) is 4.98 Å². The molecule has 7 heteroatoms. The van der Waals surface area contributed by atoms with E-state index in [0.29, 0.717) is 16.2 Å². The first-order valence-corrected chi connectivity index (χ1v) is 10.3. The van der Waals surface area contributed by atoms with Crippen molar-refractivity contribution in [2.75, 3.05) is 0 Å². The van der Waals surface area contributed by atoms with E-state index in [1.165, 1.54) is 11.1 Å². The van der Waals surface area contributed by atoms with Crippen LogP contribution in [-0.2, 0) is 5.75 Å². The molecule has 0 unspecified atom stereocenters. The summed E-state index contributed by atoms with van der Waals surface area (Å²) in [5.74, 6) is 0.760. The number of aromatic nitrogens is 4. The fourth-order valence-electron chi connectivity index (χ4n) is 3.18. The molecule has 2 aromatic heterocycles. The van der Waals surface area contributed by atoms with Gasteiger partial charge >= 0.3 is 0 Å². The Morgan fingerprint density at radius 3 is 2.71 bits per heavy atom. The predicted molar refractivity (Wildman–Crippen MR) is 114 cm³/mol. The first kappa shape index (κ1) is 18.8. The smallest absolute Gasteiger partial charge is 0.187 e. The van der Waals surface area contributed by atoms with Gasteiger partial charge in [-0.15, -0.1) is 0 Å². The Balaban J connectivity index is 1.86. The number of thioether (sulfide) groups is 1. The van der Waals surface area contributed by atoms with Crippen LogP contribution in [0.1, 0.15) is 22.4 Å². The van der Waals surface area contributed by atoms with Crippen molar-refractivity contribution in [1.29, 1.82) is 5.41 Å². The Morgan fingerprint density at radius 1 is 1.14 bits per heavy atom. The fraction of sp³-hybridized carbons (Fsp3) is 0.190. The van der Waals surface area contributed by atoms with Gasteiger partial charge in [0, 0.05) is 22.2 Å². The molecule has 2 heterocycles. The summed E-state index contributed by atoms with van der Waals surface area (Å²) in [6, 6.07) is 14.2. The highest BCUT2D eigenvalue weighted by Gasteiger charge is 2.15. The molecule has 0 saturated heterocycles. The third kappa shape index (κ3) is 3.45. The Morgan fingerprint density at radius 2 is 1.96 bits per heavy atom. The molecular formula is C21H20ClN5S. The standard InChI is InChI=1S/C21H20ClN5S/c1-12-5-4-6-15(9-12)11-28-21-24-20-18(14(3)25-26-20)19(23)27(21)16-7-8-17(22)13(2)10-16/h4-10,23H,11H2,1-3H3,(H,25,26). The van der Waals surface area contributed by atoms with Crippen LogP contribution in [-0.4, -0.2) is 19.7 Å². The molecule has 5 nitrogen and oxygen atoms in total. The zero-order valence-corrected chi connectivity index (χ0v) is 17.4. The third-order valence-electron chi connectivity index (χ3n) is 4.63. The van der Waals surface area contributed by atoms with Crippen molar-refractivity contribution in [2.45, 2.75) is 31.7 Å². The molecule has 4 aromatic rings. The molecule has 28 heavy (non-hydrogen) atoms. The lowest BCUT2D eigenvalue weighted by molar-refractivity contribution is 0.786. The van der Waals surface area contributed by atoms with E-state index in [9.17, 15) is 0 Å². The van der Waals surface area contributed by atoms with E-state index in [4.69, 9.17) is 22.0 Å². The number of hydrogen-bond donors (Lipinski definition) is 2. The highest BCUT2D eigenvalue weighted by molar-refractivity contribution is 7.98. The van der Waals surface area contributed by atoms with E-state index in [2.05, 4.69) is 41.4 Å². The zero-order valence-electron chi connectivity index (χ0n) is 15.9. The molecule has 142 valence electrons. The average molecular weight is 410 g/mol. The van der Waals surface area contributed by atoms with E-state index in [0.717, 1.165) is 33.2 Å². The quantitative estimate of drug-likeness (QED) is 0.364. The fourth-order valence-corrected chi connectivity index (χ4v) is 4.25. The summed E-state index contributed by atoms with van der Waals surface area (Å²) in [6.07, 6.45) is 0. The second kappa shape index (κ2) is 7.45. The summed E-state index contributed by atoms with van der Waals surface area (Å²) in [4.78, 5) is 4.75. The van der Waals surface area contributed by atoms with Crippen LogP contribution in [0, 0.1) is 26.2 Å². The number of H-pyrrole nitrogens is 1. The van der Waals surface area contributed by atoms with E-state index in [1.807, 2.05) is 36.6 Å². The SMILES string of the molecule is Cc1cccc(CSc2nc3n[nH]c(C)c3c(=N)n2-c2ccc(Cl)c(C)c2)c1. The van der Waals surface area contributed by atoms with Crippen molar-refractivity contribution >= 4 is 34.4 Å². The monoisotopic (exact) mass is 409 g/mol. The van der Waals surface area contributed by atoms with Crippen LogP contribution >= 0.6 is 23.4 Å². The molecule has 0 fully saturated rings. The summed E-state index contributed by atoms with van der Waals surface area (Å²) in [5, 5.41) is 18.2. The zero-order chi connectivity index (χ0) is 19.8. The largest absolute Gasteiger partial charge is 0.283 e. The topological polar surface area (TPSA) is 70.3 Å². The molecule has 0 saturated carbocycles. The molecule has 0 radical (unpaired) electrons. The number of aromatic amines is 1. The number of nitrogens with zero attached hydrogens (tertiary/aromatic N) is 3. The molecule has 2 N–H and O–H groups in total. The molecule has 0 bridgehead atoms. The Labute approximate surface area is 172 Å². The molecule has 0 spiro atoms. The minimum absolute atomic E-state index is 0.365. The van der Waals surface area contributed by atoms with Crippen molar-refractivity contribution in [3.05, 3.63) is 75.4 Å². The van der Waals surface area contributed by atoms with Crippen molar-refractivity contribution in [1.82, 2.24) is 19.7 Å². The summed E-state index contributed by atoms with van der Waals surface area (Å²) in [6.45, 7) is 5.96. The van der Waals surface area contributed by atoms with E-state index < -0.39 is 0 Å². The predicted octanol–water partition coefficient (Wildman–Crippen LogP) is 5.10. The van der Waals surface area contributed by atoms with Crippen LogP contribution in [0.5, 0.6) is 0 Å². The van der Waals surface area contributed by atoms with Gasteiger partial charge in [-0.3, -0.25) is 15.1 Å². The maximum Gasteiger partial charge on any atom is 0.187 e. The van der Waals surface area contributed by atoms with Gasteiger partial charge in [-0.2, -0.15) is 5.10 Å². The van der Waals surface area contributed by atoms with Gasteiger partial charge in [0.05, 0.1) is 5.39 Å². The van der Waals surface area contributed by atoms with Gasteiger partial charge in [-0.05, 0) is 50.1 Å². The van der Waals surface area contributed by atoms with Gasteiger partial charge in [0.1, 0.15) is 5.49 Å². The van der Waals surface area contributed by atoms with Gasteiger partial charge in [0.2, 0.25) is 0 Å². The molecule has 0 aliphatic rings. The maximum absolute atomic E-state index is 8.83. The number of hydrogen-bond acceptors (Lipinski definition) is 4. The lowest BCUT2D eigenvalue weighted by Gasteiger charge is -2.14. The van der Waals surface area contributed by atoms with Crippen LogP contribution in [0.3, 0.4) is 0 Å². The minimum atomic E-state index is 0.365. The third-order valence-corrected chi connectivity index (χ3v) is 6.07. The van der Waals surface area contributed by atoms with Crippen LogP contribution in [0.2, 0.25) is 5.02 Å². The van der Waals surface area contributed by atoms with Crippen molar-refractivity contribution in [2.24, 2.45) is 0 Å². The maximum atomic E-state index is 8.83.